The van der Waals surface area contributed by atoms with Crippen molar-refractivity contribution in [3.8, 4) is 0 Å². The number of hydrogen-bond acceptors (Lipinski definition) is 13. The molecule has 448 valence electrons. The molecular formula is C62H79ClN6O11S3. The summed E-state index contributed by atoms with van der Waals surface area (Å²) >= 11 is 0. The molecule has 0 spiro atoms. The van der Waals surface area contributed by atoms with E-state index in [4.69, 9.17) is 24.3 Å². The average Bonchev–Trinajstić information content (AvgIpc) is 3.71. The molecule has 3 aliphatic heterocycles. The summed E-state index contributed by atoms with van der Waals surface area (Å²) in [7, 11) is -5.84. The number of anilines is 3. The Morgan fingerprint density at radius 1 is 0.458 bits per heavy atom. The van der Waals surface area contributed by atoms with E-state index in [1.54, 1.807) is 33.3 Å². The van der Waals surface area contributed by atoms with Crippen LogP contribution in [0.15, 0.2) is 142 Å². The Balaban J connectivity index is 0.000000253. The summed E-state index contributed by atoms with van der Waals surface area (Å²) in [4.78, 5) is 33.7. The van der Waals surface area contributed by atoms with Crippen molar-refractivity contribution in [3.63, 3.8) is 0 Å². The molecular weight excluding hydrogens is 1140 g/mol. The third-order valence-electron chi connectivity index (χ3n) is 14.7. The van der Waals surface area contributed by atoms with Crippen molar-refractivity contribution in [2.24, 2.45) is 0 Å². The maximum absolute atomic E-state index is 13.2. The third-order valence-corrected chi connectivity index (χ3v) is 20.2. The molecule has 0 saturated heterocycles. The topological polar surface area (TPSA) is 241 Å². The van der Waals surface area contributed by atoms with Gasteiger partial charge in [-0.25, -0.2) is 25.3 Å². The second-order valence-corrected chi connectivity index (χ2v) is 26.2. The minimum Gasteiger partial charge on any atom is -1.00 e. The second kappa shape index (κ2) is 32.5. The fourth-order valence-electron chi connectivity index (χ4n) is 10.4. The molecule has 3 aliphatic rings. The first-order chi connectivity index (χ1) is 39.2. The van der Waals surface area contributed by atoms with Crippen LogP contribution in [0.5, 0.6) is 0 Å². The Morgan fingerprint density at radius 3 is 1.19 bits per heavy atom. The first-order valence-corrected chi connectivity index (χ1v) is 32.0. The highest BCUT2D eigenvalue weighted by Crippen LogP contribution is 2.43. The maximum atomic E-state index is 13.2. The minimum atomic E-state index is -3.61. The average molecular weight is 1220 g/mol. The zero-order valence-corrected chi connectivity index (χ0v) is 51.8. The number of unbranched alkanes of at least 4 members (excludes halogenated alkanes) is 6. The predicted molar refractivity (Wildman–Crippen MR) is 318 cm³/mol. The summed E-state index contributed by atoms with van der Waals surface area (Å²) in [5, 5.41) is 18.4. The highest BCUT2D eigenvalue weighted by Gasteiger charge is 2.38. The van der Waals surface area contributed by atoms with E-state index in [0.29, 0.717) is 33.3 Å². The van der Waals surface area contributed by atoms with E-state index in [2.05, 4.69) is 35.9 Å². The van der Waals surface area contributed by atoms with Crippen molar-refractivity contribution in [1.29, 1.82) is 0 Å². The number of halogens is 1. The van der Waals surface area contributed by atoms with Crippen LogP contribution in [-0.2, 0) is 49.2 Å². The van der Waals surface area contributed by atoms with Crippen LogP contribution in [0.1, 0.15) is 140 Å². The highest BCUT2D eigenvalue weighted by atomic mass is 35.5. The van der Waals surface area contributed by atoms with Gasteiger partial charge in [-0.3, -0.25) is 12.9 Å². The third kappa shape index (κ3) is 16.6. The predicted octanol–water partition coefficient (Wildman–Crippen LogP) is 5.79. The largest absolute Gasteiger partial charge is 1.00 e. The van der Waals surface area contributed by atoms with E-state index in [9.17, 15) is 25.3 Å². The zero-order chi connectivity index (χ0) is 60.2. The summed E-state index contributed by atoms with van der Waals surface area (Å²) in [5.74, 6) is 0. The number of benzene rings is 6. The Hall–Kier alpha value is -6.54. The molecule has 5 N–H and O–H groups in total. The second-order valence-electron chi connectivity index (χ2n) is 20.4. The summed E-state index contributed by atoms with van der Waals surface area (Å²) < 4.78 is 83.2. The molecule has 6 aromatic carbocycles. The lowest BCUT2D eigenvalue weighted by atomic mass is 9.96. The number of aryl methyl sites for hydroxylation is 3. The van der Waals surface area contributed by atoms with Gasteiger partial charge in [0.2, 0.25) is 0 Å². The van der Waals surface area contributed by atoms with Crippen LogP contribution in [0.25, 0.3) is 0 Å². The number of carbonyl (C=O) groups excluding carboxylic acids is 4. The van der Waals surface area contributed by atoms with Crippen molar-refractivity contribution in [1.82, 2.24) is 10.6 Å². The molecule has 21 heteroatoms. The standard InChI is InChI=1S/2C21H28N2O2S.C18H22N2O3S.2CO2.ClH/c2*1-4-5-6-9-14-22-21-17-10-7-8-11-19(17)23(3)26(24,25)20-15-16(2)12-13-18(20)21;1-13-8-9-15-17(12-13)24(22,23)20(2)16-7-4-3-6-14(16)18(15)19-10-5-11-21;2*2-1-3;/h2*7-8,10-13,15,21-22H,4-6,9,14H2,1-3H3;3-4,6-9,12,18-19,21H,5,10-11H2,1-2H3;;;1H. The van der Waals surface area contributed by atoms with E-state index >= 15 is 0 Å². The van der Waals surface area contributed by atoms with Gasteiger partial charge in [0.05, 0.1) is 50.4 Å². The van der Waals surface area contributed by atoms with Crippen molar-refractivity contribution in [3.05, 3.63) is 177 Å². The van der Waals surface area contributed by atoms with Gasteiger partial charge in [0.15, 0.2) is 0 Å². The van der Waals surface area contributed by atoms with Gasteiger partial charge in [-0.15, -0.1) is 0 Å². The van der Waals surface area contributed by atoms with Crippen molar-refractivity contribution < 1.29 is 67.3 Å². The fraction of sp³-hybridized carbons (Fsp3) is 0.387. The molecule has 0 aromatic heterocycles. The Labute approximate surface area is 497 Å². The number of fused-ring (bicyclic) bond motifs is 6. The Kier molecular flexibility index (Phi) is 27.0. The summed E-state index contributed by atoms with van der Waals surface area (Å²) in [6.45, 7) is 12.7. The van der Waals surface area contributed by atoms with Crippen LogP contribution in [-0.4, -0.2) is 90.0 Å². The van der Waals surface area contributed by atoms with Crippen molar-refractivity contribution >= 4 is 59.4 Å². The molecule has 17 nitrogen and oxygen atoms in total. The Morgan fingerprint density at radius 2 is 0.795 bits per heavy atom. The van der Waals surface area contributed by atoms with Crippen LogP contribution in [0.2, 0.25) is 0 Å². The molecule has 83 heavy (non-hydrogen) atoms. The number of sulfonamides is 3. The zero-order valence-electron chi connectivity index (χ0n) is 48.6. The molecule has 6 aromatic rings. The maximum Gasteiger partial charge on any atom is 0.373 e. The normalized spacial score (nSPS) is 16.9. The highest BCUT2D eigenvalue weighted by molar-refractivity contribution is 7.93. The van der Waals surface area contributed by atoms with Crippen LogP contribution >= 0.6 is 0 Å². The van der Waals surface area contributed by atoms with Crippen LogP contribution in [0, 0.1) is 20.8 Å². The van der Waals surface area contributed by atoms with E-state index in [0.717, 1.165) is 87.4 Å². The minimum absolute atomic E-state index is 0. The molecule has 0 bridgehead atoms. The monoisotopic (exact) mass is 1210 g/mol. The lowest BCUT2D eigenvalue weighted by molar-refractivity contribution is -0.687. The van der Waals surface area contributed by atoms with Crippen LogP contribution < -0.4 is 41.3 Å². The molecule has 0 fully saturated rings. The number of para-hydroxylation sites is 3. The SMILES string of the molecule is CCCCCCNC1c2ccccc2N(C)S(=O)(=O)c2cc(C)ccc21.CCCCCC[NH2+]C1c2ccccc2N(C)S(=O)(=O)c2cc(C)ccc21.Cc1ccc2c(c1)S(=O)(=O)N(C)c1ccccc1C2NCCCO.O=C=O.O=C=O.[Cl-]. The van der Waals surface area contributed by atoms with Crippen LogP contribution in [0.3, 0.4) is 0 Å². The number of nitrogens with one attached hydrogen (secondary N) is 2. The molecule has 9 rings (SSSR count). The molecule has 3 heterocycles. The molecule has 0 saturated carbocycles. The lowest BCUT2D eigenvalue weighted by Gasteiger charge is -2.22. The van der Waals surface area contributed by atoms with Gasteiger partial charge >= 0.3 is 12.3 Å². The van der Waals surface area contributed by atoms with Gasteiger partial charge in [0, 0.05) is 38.9 Å². The number of aliphatic hydroxyl groups is 1. The van der Waals surface area contributed by atoms with E-state index < -0.39 is 30.1 Å². The lowest BCUT2D eigenvalue weighted by Crippen LogP contribution is -3.00. The van der Waals surface area contributed by atoms with Gasteiger partial charge in [0.25, 0.3) is 30.1 Å². The fourth-order valence-corrected chi connectivity index (χ4v) is 15.0. The van der Waals surface area contributed by atoms with Gasteiger partial charge in [-0.2, -0.15) is 19.2 Å². The summed E-state index contributed by atoms with van der Waals surface area (Å²) in [6.07, 6.45) is 10.7. The van der Waals surface area contributed by atoms with E-state index in [1.807, 2.05) is 130 Å². The summed E-state index contributed by atoms with van der Waals surface area (Å²) in [5.41, 5.74) is 10.5. The van der Waals surface area contributed by atoms with E-state index in [1.165, 1.54) is 51.4 Å². The smallest absolute Gasteiger partial charge is 0.373 e. The first-order valence-electron chi connectivity index (χ1n) is 27.7. The molecule has 0 amide bonds. The van der Waals surface area contributed by atoms with Crippen molar-refractivity contribution in [2.45, 2.75) is 125 Å². The van der Waals surface area contributed by atoms with Crippen molar-refractivity contribution in [2.75, 3.05) is 60.3 Å². The molecule has 3 unspecified atom stereocenters. The van der Waals surface area contributed by atoms with E-state index in [-0.39, 0.29) is 49.4 Å². The van der Waals surface area contributed by atoms with Gasteiger partial charge in [-0.1, -0.05) is 137 Å². The number of hydrogen-bond donors (Lipinski definition) is 4. The molecule has 3 atom stereocenters. The number of rotatable bonds is 16. The molecule has 0 radical (unpaired) electrons. The van der Waals surface area contributed by atoms with Gasteiger partial charge in [0.1, 0.15) is 6.04 Å². The number of quaternary nitrogens is 1. The van der Waals surface area contributed by atoms with Crippen LogP contribution in [0.4, 0.5) is 17.1 Å². The van der Waals surface area contributed by atoms with Gasteiger partial charge < -0.3 is 33.5 Å². The van der Waals surface area contributed by atoms with Gasteiger partial charge in [-0.05, 0) is 135 Å². The summed E-state index contributed by atoms with van der Waals surface area (Å²) in [6, 6.07) is 39.9. The number of aliphatic hydroxyl groups excluding tert-OH is 1. The Bertz CT molecular complexity index is 3360. The number of nitrogens with two attached hydrogens (primary N) is 1. The quantitative estimate of drug-likeness (QED) is 0.0841. The molecule has 0 aliphatic carbocycles. The first kappa shape index (κ1) is 69.0. The number of nitrogens with zero attached hydrogens (tertiary/aromatic N) is 3.